The Morgan fingerprint density at radius 3 is 2.41 bits per heavy atom. The molecule has 1 N–H and O–H groups in total. The molecule has 1 atom stereocenters. The molecule has 3 aromatic heterocycles. The number of fused-ring (bicyclic) bond motifs is 1. The maximum Gasteiger partial charge on any atom is 0.338 e. The molecule has 6 rings (SSSR count). The van der Waals surface area contributed by atoms with Gasteiger partial charge in [0.2, 0.25) is 0 Å². The van der Waals surface area contributed by atoms with Gasteiger partial charge in [0.25, 0.3) is 5.56 Å². The monoisotopic (exact) mass is 648 g/mol. The Morgan fingerprint density at radius 1 is 1.00 bits per heavy atom. The molecule has 44 heavy (non-hydrogen) atoms. The van der Waals surface area contributed by atoms with Gasteiger partial charge in [-0.05, 0) is 68.4 Å². The van der Waals surface area contributed by atoms with Crippen LogP contribution in [0.5, 0.6) is 0 Å². The third-order valence-corrected chi connectivity index (χ3v) is 8.66. The number of benzene rings is 2. The molecule has 9 nitrogen and oxygen atoms in total. The summed E-state index contributed by atoms with van der Waals surface area (Å²) < 4.78 is 19.3. The van der Waals surface area contributed by atoms with Gasteiger partial charge in [-0.1, -0.05) is 46.7 Å². The number of aromatic nitrogens is 1. The van der Waals surface area contributed by atoms with Crippen molar-refractivity contribution >= 4 is 52.6 Å². The third-order valence-electron chi connectivity index (χ3n) is 6.93. The van der Waals surface area contributed by atoms with Gasteiger partial charge in [-0.2, -0.15) is 0 Å². The molecule has 1 aliphatic rings. The largest absolute Gasteiger partial charge is 0.478 e. The lowest BCUT2D eigenvalue weighted by Crippen LogP contribution is -2.39. The second-order valence-corrected chi connectivity index (χ2v) is 11.5. The highest BCUT2D eigenvalue weighted by Crippen LogP contribution is 2.35. The van der Waals surface area contributed by atoms with E-state index in [1.807, 2.05) is 0 Å². The Labute approximate surface area is 263 Å². The van der Waals surface area contributed by atoms with E-state index in [9.17, 15) is 14.4 Å². The normalized spacial score (nSPS) is 14.8. The van der Waals surface area contributed by atoms with Gasteiger partial charge in [0, 0.05) is 17.2 Å². The summed E-state index contributed by atoms with van der Waals surface area (Å²) in [5.41, 5.74) is 1.70. The number of halogens is 2. The molecule has 0 amide bonds. The standard InChI is InChI=1S/C32H22Cl2N2O7S/c1-3-41-31(40)27-16(2)35-32-36(28(27)25-13-12-24(43-25)19-8-10-21(33)22(34)14-19)29(37)26(44-32)15-20-9-11-23(42-20)17-4-6-18(7-5-17)30(38)39/h4-15,28H,3H2,1-2H3,(H,38,39)/b26-15-/t28-/m0/s1. The summed E-state index contributed by atoms with van der Waals surface area (Å²) >= 11 is 13.4. The van der Waals surface area contributed by atoms with E-state index in [0.717, 1.165) is 11.3 Å². The highest BCUT2D eigenvalue weighted by Gasteiger charge is 2.35. The Morgan fingerprint density at radius 2 is 1.70 bits per heavy atom. The van der Waals surface area contributed by atoms with Gasteiger partial charge in [0.1, 0.15) is 29.1 Å². The molecule has 0 fully saturated rings. The van der Waals surface area contributed by atoms with Crippen molar-refractivity contribution in [1.82, 2.24) is 4.57 Å². The number of hydrogen-bond donors (Lipinski definition) is 1. The van der Waals surface area contributed by atoms with Crippen molar-refractivity contribution in [3.8, 4) is 22.6 Å². The minimum Gasteiger partial charge on any atom is -0.478 e. The molecule has 4 heterocycles. The van der Waals surface area contributed by atoms with Crippen LogP contribution in [-0.4, -0.2) is 28.2 Å². The van der Waals surface area contributed by atoms with Crippen LogP contribution in [-0.2, 0) is 9.53 Å². The lowest BCUT2D eigenvalue weighted by Gasteiger charge is -2.22. The molecule has 0 saturated carbocycles. The molecule has 2 aromatic carbocycles. The van der Waals surface area contributed by atoms with Crippen molar-refractivity contribution in [2.45, 2.75) is 19.9 Å². The Hall–Kier alpha value is -4.64. The quantitative estimate of drug-likeness (QED) is 0.205. The number of thiazole rings is 1. The van der Waals surface area contributed by atoms with Crippen LogP contribution < -0.4 is 14.9 Å². The number of allylic oxidation sites excluding steroid dienone is 1. The minimum atomic E-state index is -1.02. The molecule has 0 saturated heterocycles. The number of carbonyl (C=O) groups is 2. The second-order valence-electron chi connectivity index (χ2n) is 9.72. The highest BCUT2D eigenvalue weighted by molar-refractivity contribution is 7.07. The summed E-state index contributed by atoms with van der Waals surface area (Å²) in [4.78, 5) is 43.2. The lowest BCUT2D eigenvalue weighted by atomic mass is 10.0. The predicted molar refractivity (Wildman–Crippen MR) is 166 cm³/mol. The van der Waals surface area contributed by atoms with E-state index in [4.69, 9.17) is 41.9 Å². The molecule has 5 aromatic rings. The number of carboxylic acids is 1. The highest BCUT2D eigenvalue weighted by atomic mass is 35.5. The van der Waals surface area contributed by atoms with E-state index in [0.29, 0.717) is 59.2 Å². The average molecular weight is 650 g/mol. The summed E-state index contributed by atoms with van der Waals surface area (Å²) in [5, 5.41) is 9.91. The van der Waals surface area contributed by atoms with E-state index in [1.54, 1.807) is 74.5 Å². The fourth-order valence-corrected chi connectivity index (χ4v) is 6.18. The van der Waals surface area contributed by atoms with E-state index in [1.165, 1.54) is 16.7 Å². The molecule has 0 aliphatic carbocycles. The van der Waals surface area contributed by atoms with Crippen molar-refractivity contribution < 1.29 is 28.3 Å². The van der Waals surface area contributed by atoms with Gasteiger partial charge >= 0.3 is 11.9 Å². The van der Waals surface area contributed by atoms with Crippen LogP contribution in [0.4, 0.5) is 0 Å². The topological polar surface area (TPSA) is 124 Å². The molecular formula is C32H22Cl2N2O7S. The van der Waals surface area contributed by atoms with Crippen molar-refractivity contribution in [2.24, 2.45) is 4.99 Å². The van der Waals surface area contributed by atoms with Gasteiger partial charge in [-0.25, -0.2) is 14.6 Å². The van der Waals surface area contributed by atoms with E-state index in [2.05, 4.69) is 4.99 Å². The average Bonchev–Trinajstić information content (AvgIpc) is 3.74. The zero-order valence-electron chi connectivity index (χ0n) is 23.2. The van der Waals surface area contributed by atoms with Crippen molar-refractivity contribution in [3.63, 3.8) is 0 Å². The smallest absolute Gasteiger partial charge is 0.338 e. The van der Waals surface area contributed by atoms with Gasteiger partial charge in [0.05, 0.1) is 38.0 Å². The van der Waals surface area contributed by atoms with Crippen molar-refractivity contribution in [2.75, 3.05) is 6.61 Å². The van der Waals surface area contributed by atoms with Gasteiger partial charge in [-0.15, -0.1) is 0 Å². The molecule has 222 valence electrons. The number of carbonyl (C=O) groups excluding carboxylic acids is 1. The molecule has 12 heteroatoms. The predicted octanol–water partition coefficient (Wildman–Crippen LogP) is 6.32. The first kappa shape index (κ1) is 29.4. The summed E-state index contributed by atoms with van der Waals surface area (Å²) in [6.45, 7) is 3.53. The fraction of sp³-hybridized carbons (Fsp3) is 0.125. The Bertz CT molecular complexity index is 2150. The number of hydrogen-bond acceptors (Lipinski definition) is 8. The van der Waals surface area contributed by atoms with Crippen LogP contribution in [0.15, 0.2) is 96.6 Å². The van der Waals surface area contributed by atoms with E-state index in [-0.39, 0.29) is 17.7 Å². The molecule has 1 aliphatic heterocycles. The van der Waals surface area contributed by atoms with Crippen LogP contribution in [0.3, 0.4) is 0 Å². The van der Waals surface area contributed by atoms with E-state index >= 15 is 0 Å². The summed E-state index contributed by atoms with van der Waals surface area (Å²) in [5.74, 6) is 0.0891. The van der Waals surface area contributed by atoms with E-state index < -0.39 is 23.5 Å². The maximum absolute atomic E-state index is 13.9. The first-order valence-electron chi connectivity index (χ1n) is 13.3. The number of aromatic carboxylic acids is 1. The van der Waals surface area contributed by atoms with Crippen molar-refractivity contribution in [3.05, 3.63) is 125 Å². The van der Waals surface area contributed by atoms with Crippen LogP contribution in [0.2, 0.25) is 10.0 Å². The first-order chi connectivity index (χ1) is 21.1. The van der Waals surface area contributed by atoms with Gasteiger partial charge in [0.15, 0.2) is 4.80 Å². The zero-order chi connectivity index (χ0) is 31.1. The second kappa shape index (κ2) is 11.8. The van der Waals surface area contributed by atoms with Crippen molar-refractivity contribution in [1.29, 1.82) is 0 Å². The van der Waals surface area contributed by atoms with Gasteiger partial charge < -0.3 is 18.7 Å². The number of furan rings is 2. The fourth-order valence-electron chi connectivity index (χ4n) is 4.86. The third kappa shape index (κ3) is 5.43. The zero-order valence-corrected chi connectivity index (χ0v) is 25.5. The molecule has 0 spiro atoms. The molecule has 0 bridgehead atoms. The van der Waals surface area contributed by atoms with Crippen LogP contribution in [0.1, 0.15) is 41.8 Å². The molecule has 0 radical (unpaired) electrons. The van der Waals surface area contributed by atoms with Crippen LogP contribution in [0.25, 0.3) is 28.7 Å². The minimum absolute atomic E-state index is 0.138. The summed E-state index contributed by atoms with van der Waals surface area (Å²) in [6, 6.07) is 17.3. The van der Waals surface area contributed by atoms with Gasteiger partial charge in [-0.3, -0.25) is 9.36 Å². The Kier molecular flexibility index (Phi) is 7.89. The number of carboxylic acid groups (broad SMARTS) is 1. The summed E-state index contributed by atoms with van der Waals surface area (Å²) in [6.07, 6.45) is 1.60. The summed E-state index contributed by atoms with van der Waals surface area (Å²) in [7, 11) is 0. The SMILES string of the molecule is CCOC(=O)C1=C(C)N=c2s/c(=C\c3ccc(-c4ccc(C(=O)O)cc4)o3)c(=O)n2[C@H]1c1ccc(-c2ccc(Cl)c(Cl)c2)o1. The lowest BCUT2D eigenvalue weighted by molar-refractivity contribution is -0.139. The number of nitrogens with zero attached hydrogens (tertiary/aromatic N) is 2. The molecule has 0 unspecified atom stereocenters. The number of rotatable bonds is 7. The molecular weight excluding hydrogens is 627 g/mol. The first-order valence-corrected chi connectivity index (χ1v) is 14.9. The number of esters is 1. The Balaban J connectivity index is 1.43. The van der Waals surface area contributed by atoms with Crippen LogP contribution in [0, 0.1) is 0 Å². The number of ether oxygens (including phenoxy) is 1. The van der Waals surface area contributed by atoms with Crippen LogP contribution >= 0.6 is 34.5 Å². The maximum atomic E-state index is 13.9.